The van der Waals surface area contributed by atoms with Gasteiger partial charge in [0.1, 0.15) is 0 Å². The molecule has 1 amide bonds. The summed E-state index contributed by atoms with van der Waals surface area (Å²) in [7, 11) is 0. The van der Waals surface area contributed by atoms with Gasteiger partial charge in [0.15, 0.2) is 6.61 Å². The molecule has 7 nitrogen and oxygen atoms in total. The molecule has 1 saturated heterocycles. The molecule has 2 aromatic rings. The van der Waals surface area contributed by atoms with Crippen molar-refractivity contribution in [1.82, 2.24) is 5.32 Å². The van der Waals surface area contributed by atoms with Crippen molar-refractivity contribution in [3.8, 4) is 0 Å². The van der Waals surface area contributed by atoms with Gasteiger partial charge in [0.05, 0.1) is 11.7 Å². The van der Waals surface area contributed by atoms with Gasteiger partial charge in [0, 0.05) is 24.3 Å². The van der Waals surface area contributed by atoms with Crippen LogP contribution >= 0.6 is 0 Å². The Morgan fingerprint density at radius 1 is 0.897 bits per heavy atom. The number of Topliss-reactive ketones (excluding diaryl/α,β-unsaturated/α-hetero) is 2. The maximum absolute atomic E-state index is 12.3. The van der Waals surface area contributed by atoms with Crippen LogP contribution in [-0.4, -0.2) is 49.3 Å². The molecule has 1 heterocycles. The number of amides is 1. The summed E-state index contributed by atoms with van der Waals surface area (Å²) >= 11 is 0. The van der Waals surface area contributed by atoms with E-state index in [1.807, 2.05) is 0 Å². The standard InChI is InChI=1S/C22H21NO6/c24-19(23-13-18-7-4-12-28-18)14-29-22(27)17-10-8-16(9-11-17)21(26)20(25)15-5-2-1-3-6-15/h1-3,5-6,8-11,18H,4,7,12-14H2,(H,23,24). The maximum Gasteiger partial charge on any atom is 0.338 e. The number of hydrogen-bond acceptors (Lipinski definition) is 6. The average Bonchev–Trinajstić information content (AvgIpc) is 3.29. The van der Waals surface area contributed by atoms with E-state index in [1.54, 1.807) is 30.3 Å². The van der Waals surface area contributed by atoms with Gasteiger partial charge in [-0.25, -0.2) is 4.79 Å². The molecule has 0 aromatic heterocycles. The summed E-state index contributed by atoms with van der Waals surface area (Å²) in [4.78, 5) is 48.3. The van der Waals surface area contributed by atoms with Crippen LogP contribution in [0.2, 0.25) is 0 Å². The van der Waals surface area contributed by atoms with E-state index in [0.29, 0.717) is 18.7 Å². The van der Waals surface area contributed by atoms with Gasteiger partial charge >= 0.3 is 5.97 Å². The van der Waals surface area contributed by atoms with E-state index in [9.17, 15) is 19.2 Å². The minimum absolute atomic E-state index is 0.0123. The van der Waals surface area contributed by atoms with Gasteiger partial charge in [-0.2, -0.15) is 0 Å². The number of esters is 1. The van der Waals surface area contributed by atoms with Gasteiger partial charge in [0.25, 0.3) is 5.91 Å². The van der Waals surface area contributed by atoms with Gasteiger partial charge in [-0.15, -0.1) is 0 Å². The van der Waals surface area contributed by atoms with Gasteiger partial charge < -0.3 is 14.8 Å². The van der Waals surface area contributed by atoms with Crippen LogP contribution in [-0.2, 0) is 14.3 Å². The molecule has 1 aliphatic rings. The molecule has 1 N–H and O–H groups in total. The Bertz CT molecular complexity index is 885. The molecule has 0 spiro atoms. The molecule has 150 valence electrons. The Labute approximate surface area is 168 Å². The topological polar surface area (TPSA) is 98.8 Å². The third-order valence-corrected chi connectivity index (χ3v) is 4.51. The zero-order valence-corrected chi connectivity index (χ0v) is 15.8. The van der Waals surface area contributed by atoms with Crippen molar-refractivity contribution in [3.05, 3.63) is 71.3 Å². The molecule has 29 heavy (non-hydrogen) atoms. The lowest BCUT2D eigenvalue weighted by Crippen LogP contribution is -2.34. The predicted molar refractivity (Wildman–Crippen MR) is 104 cm³/mol. The number of benzene rings is 2. The van der Waals surface area contributed by atoms with Crippen molar-refractivity contribution in [2.45, 2.75) is 18.9 Å². The molecular weight excluding hydrogens is 374 g/mol. The van der Waals surface area contributed by atoms with Gasteiger partial charge in [-0.1, -0.05) is 42.5 Å². The van der Waals surface area contributed by atoms with Gasteiger partial charge in [-0.05, 0) is 25.0 Å². The number of hydrogen-bond donors (Lipinski definition) is 1. The Hall–Kier alpha value is -3.32. The summed E-state index contributed by atoms with van der Waals surface area (Å²) in [6, 6.07) is 13.8. The average molecular weight is 395 g/mol. The van der Waals surface area contributed by atoms with Crippen molar-refractivity contribution in [2.75, 3.05) is 19.8 Å². The summed E-state index contributed by atoms with van der Waals surface area (Å²) < 4.78 is 10.4. The Kier molecular flexibility index (Phi) is 6.86. The molecule has 0 bridgehead atoms. The quantitative estimate of drug-likeness (QED) is 0.418. The van der Waals surface area contributed by atoms with Crippen LogP contribution in [0.5, 0.6) is 0 Å². The summed E-state index contributed by atoms with van der Waals surface area (Å²) in [6.45, 7) is 0.687. The highest BCUT2D eigenvalue weighted by Crippen LogP contribution is 2.12. The molecule has 1 fully saturated rings. The van der Waals surface area contributed by atoms with Gasteiger partial charge in [-0.3, -0.25) is 14.4 Å². The predicted octanol–water partition coefficient (Wildman–Crippen LogP) is 2.20. The molecule has 1 unspecified atom stereocenters. The zero-order chi connectivity index (χ0) is 20.6. The summed E-state index contributed by atoms with van der Waals surface area (Å²) in [5, 5.41) is 2.66. The van der Waals surface area contributed by atoms with Crippen LogP contribution in [0.15, 0.2) is 54.6 Å². The van der Waals surface area contributed by atoms with Crippen LogP contribution in [0.3, 0.4) is 0 Å². The normalized spacial score (nSPS) is 15.5. The van der Waals surface area contributed by atoms with E-state index in [1.165, 1.54) is 24.3 Å². The van der Waals surface area contributed by atoms with E-state index >= 15 is 0 Å². The largest absolute Gasteiger partial charge is 0.452 e. The van der Waals surface area contributed by atoms with Crippen molar-refractivity contribution < 1.29 is 28.7 Å². The maximum atomic E-state index is 12.3. The molecule has 0 saturated carbocycles. The number of ketones is 2. The van der Waals surface area contributed by atoms with E-state index in [0.717, 1.165) is 12.8 Å². The highest BCUT2D eigenvalue weighted by Gasteiger charge is 2.19. The first-order valence-electron chi connectivity index (χ1n) is 9.34. The number of carbonyl (C=O) groups is 4. The number of nitrogens with one attached hydrogen (secondary N) is 1. The molecule has 0 radical (unpaired) electrons. The van der Waals surface area contributed by atoms with E-state index in [-0.39, 0.29) is 17.2 Å². The molecule has 3 rings (SSSR count). The smallest absolute Gasteiger partial charge is 0.338 e. The minimum atomic E-state index is -0.689. The summed E-state index contributed by atoms with van der Waals surface area (Å²) in [5.74, 6) is -2.38. The fourth-order valence-electron chi connectivity index (χ4n) is 2.91. The van der Waals surface area contributed by atoms with Crippen molar-refractivity contribution in [3.63, 3.8) is 0 Å². The number of ether oxygens (including phenoxy) is 2. The third kappa shape index (κ3) is 5.58. The van der Waals surface area contributed by atoms with Crippen LogP contribution in [0, 0.1) is 0 Å². The molecule has 0 aliphatic carbocycles. The molecule has 1 aliphatic heterocycles. The van der Waals surface area contributed by atoms with Crippen LogP contribution < -0.4 is 5.32 Å². The fraction of sp³-hybridized carbons (Fsp3) is 0.273. The number of rotatable bonds is 8. The molecule has 7 heteroatoms. The van der Waals surface area contributed by atoms with Crippen molar-refractivity contribution >= 4 is 23.4 Å². The third-order valence-electron chi connectivity index (χ3n) is 4.51. The molecule has 1 atom stereocenters. The Morgan fingerprint density at radius 3 is 2.14 bits per heavy atom. The minimum Gasteiger partial charge on any atom is -0.452 e. The lowest BCUT2D eigenvalue weighted by Gasteiger charge is -2.11. The second-order valence-corrected chi connectivity index (χ2v) is 6.62. The van der Waals surface area contributed by atoms with Crippen molar-refractivity contribution in [1.29, 1.82) is 0 Å². The van der Waals surface area contributed by atoms with Crippen LogP contribution in [0.25, 0.3) is 0 Å². The van der Waals surface area contributed by atoms with Crippen LogP contribution in [0.1, 0.15) is 43.9 Å². The monoisotopic (exact) mass is 395 g/mol. The van der Waals surface area contributed by atoms with Crippen LogP contribution in [0.4, 0.5) is 0 Å². The highest BCUT2D eigenvalue weighted by atomic mass is 16.5. The first kappa shape index (κ1) is 20.4. The lowest BCUT2D eigenvalue weighted by molar-refractivity contribution is -0.124. The SMILES string of the molecule is O=C(COC(=O)c1ccc(C(=O)C(=O)c2ccccc2)cc1)NCC1CCCO1. The fourth-order valence-corrected chi connectivity index (χ4v) is 2.91. The van der Waals surface area contributed by atoms with E-state index in [4.69, 9.17) is 9.47 Å². The zero-order valence-electron chi connectivity index (χ0n) is 15.8. The lowest BCUT2D eigenvalue weighted by atomic mass is 10.0. The highest BCUT2D eigenvalue weighted by molar-refractivity contribution is 6.49. The Balaban J connectivity index is 1.49. The van der Waals surface area contributed by atoms with Crippen molar-refractivity contribution in [2.24, 2.45) is 0 Å². The first-order valence-corrected chi connectivity index (χ1v) is 9.34. The second kappa shape index (κ2) is 9.75. The van der Waals surface area contributed by atoms with E-state index in [2.05, 4.69) is 5.32 Å². The first-order chi connectivity index (χ1) is 14.0. The van der Waals surface area contributed by atoms with Gasteiger partial charge in [0.2, 0.25) is 11.6 Å². The summed E-state index contributed by atoms with van der Waals surface area (Å²) in [6.07, 6.45) is 1.89. The summed E-state index contributed by atoms with van der Waals surface area (Å²) in [5.41, 5.74) is 0.653. The molecule has 2 aromatic carbocycles. The molecular formula is C22H21NO6. The number of carbonyl (C=O) groups excluding carboxylic acids is 4. The Morgan fingerprint density at radius 2 is 1.52 bits per heavy atom. The second-order valence-electron chi connectivity index (χ2n) is 6.62. The van der Waals surface area contributed by atoms with E-state index < -0.39 is 30.0 Å².